The first-order valence-electron chi connectivity index (χ1n) is 5.77. The SMILES string of the molecule is CC1(C)C(Nc2ccc(C#N)cc2Cl)C1(C)C. The van der Waals surface area contributed by atoms with Gasteiger partial charge in [-0.25, -0.2) is 0 Å². The summed E-state index contributed by atoms with van der Waals surface area (Å²) in [5.74, 6) is 0. The molecule has 0 unspecified atom stereocenters. The van der Waals surface area contributed by atoms with Crippen LogP contribution in [0, 0.1) is 22.2 Å². The van der Waals surface area contributed by atoms with Crippen molar-refractivity contribution in [2.75, 3.05) is 5.32 Å². The predicted molar refractivity (Wildman–Crippen MR) is 71.1 cm³/mol. The zero-order valence-electron chi connectivity index (χ0n) is 10.6. The van der Waals surface area contributed by atoms with Crippen molar-refractivity contribution >= 4 is 17.3 Å². The Morgan fingerprint density at radius 1 is 1.24 bits per heavy atom. The molecule has 1 aliphatic carbocycles. The number of rotatable bonds is 2. The van der Waals surface area contributed by atoms with Gasteiger partial charge in [0.05, 0.1) is 22.3 Å². The second-order valence-corrected chi connectivity index (χ2v) is 6.23. The van der Waals surface area contributed by atoms with Gasteiger partial charge >= 0.3 is 0 Å². The molecule has 0 amide bonds. The molecule has 2 rings (SSSR count). The number of hydrogen-bond donors (Lipinski definition) is 1. The summed E-state index contributed by atoms with van der Waals surface area (Å²) in [7, 11) is 0. The molecule has 1 fully saturated rings. The van der Waals surface area contributed by atoms with Gasteiger partial charge in [-0.2, -0.15) is 5.26 Å². The maximum Gasteiger partial charge on any atom is 0.0992 e. The molecule has 2 nitrogen and oxygen atoms in total. The van der Waals surface area contributed by atoms with E-state index in [0.29, 0.717) is 16.6 Å². The van der Waals surface area contributed by atoms with E-state index in [1.54, 1.807) is 12.1 Å². The van der Waals surface area contributed by atoms with Crippen LogP contribution in [0.2, 0.25) is 5.02 Å². The van der Waals surface area contributed by atoms with Crippen LogP contribution in [0.25, 0.3) is 0 Å². The molecule has 1 N–H and O–H groups in total. The maximum atomic E-state index is 8.78. The summed E-state index contributed by atoms with van der Waals surface area (Å²) in [6.45, 7) is 9.01. The molecule has 0 heterocycles. The van der Waals surface area contributed by atoms with E-state index in [4.69, 9.17) is 16.9 Å². The van der Waals surface area contributed by atoms with Crippen LogP contribution in [-0.4, -0.2) is 6.04 Å². The van der Waals surface area contributed by atoms with E-state index in [-0.39, 0.29) is 10.8 Å². The molecule has 0 spiro atoms. The van der Waals surface area contributed by atoms with Crippen molar-refractivity contribution in [2.24, 2.45) is 10.8 Å². The lowest BCUT2D eigenvalue weighted by Gasteiger charge is -2.10. The molecule has 1 aliphatic rings. The molecule has 0 aromatic heterocycles. The van der Waals surface area contributed by atoms with Crippen molar-refractivity contribution in [3.8, 4) is 6.07 Å². The molecule has 1 aromatic carbocycles. The average Bonchev–Trinajstić information content (AvgIpc) is 2.63. The predicted octanol–water partition coefficient (Wildman–Crippen LogP) is 4.06. The number of nitriles is 1. The highest BCUT2D eigenvalue weighted by Gasteiger charge is 2.64. The van der Waals surface area contributed by atoms with Crippen LogP contribution >= 0.6 is 11.6 Å². The number of benzene rings is 1. The highest BCUT2D eigenvalue weighted by Crippen LogP contribution is 2.63. The zero-order valence-corrected chi connectivity index (χ0v) is 11.4. The van der Waals surface area contributed by atoms with Crippen LogP contribution in [0.4, 0.5) is 5.69 Å². The molecular formula is C14H17ClN2. The summed E-state index contributed by atoms with van der Waals surface area (Å²) in [6.07, 6.45) is 0. The fourth-order valence-corrected chi connectivity index (χ4v) is 2.65. The van der Waals surface area contributed by atoms with Gasteiger partial charge in [-0.15, -0.1) is 0 Å². The molecule has 17 heavy (non-hydrogen) atoms. The van der Waals surface area contributed by atoms with Gasteiger partial charge < -0.3 is 5.32 Å². The van der Waals surface area contributed by atoms with Gasteiger partial charge in [0, 0.05) is 6.04 Å². The lowest BCUT2D eigenvalue weighted by molar-refractivity contribution is 0.457. The number of nitrogens with one attached hydrogen (secondary N) is 1. The van der Waals surface area contributed by atoms with E-state index in [0.717, 1.165) is 5.69 Å². The Kier molecular flexibility index (Phi) is 2.63. The van der Waals surface area contributed by atoms with E-state index in [1.807, 2.05) is 6.07 Å². The molecule has 0 aliphatic heterocycles. The zero-order chi connectivity index (χ0) is 12.8. The van der Waals surface area contributed by atoms with E-state index in [2.05, 4.69) is 39.1 Å². The minimum absolute atomic E-state index is 0.268. The molecule has 0 radical (unpaired) electrons. The first-order chi connectivity index (χ1) is 7.80. The molecule has 3 heteroatoms. The Labute approximate surface area is 108 Å². The average molecular weight is 249 g/mol. The third kappa shape index (κ3) is 1.79. The first kappa shape index (κ1) is 12.3. The first-order valence-corrected chi connectivity index (χ1v) is 6.14. The molecular weight excluding hydrogens is 232 g/mol. The fraction of sp³-hybridized carbons (Fsp3) is 0.500. The standard InChI is InChI=1S/C14H17ClN2/c1-13(2)12(14(13,3)4)17-11-6-5-9(8-16)7-10(11)15/h5-7,12,17H,1-4H3. The van der Waals surface area contributed by atoms with Gasteiger partial charge in [0.25, 0.3) is 0 Å². The molecule has 90 valence electrons. The number of nitrogens with zero attached hydrogens (tertiary/aromatic N) is 1. The van der Waals surface area contributed by atoms with E-state index in [9.17, 15) is 0 Å². The lowest BCUT2D eigenvalue weighted by atomic mass is 10.0. The van der Waals surface area contributed by atoms with Gasteiger partial charge in [-0.3, -0.25) is 0 Å². The van der Waals surface area contributed by atoms with Gasteiger partial charge in [0.2, 0.25) is 0 Å². The van der Waals surface area contributed by atoms with E-state index in [1.165, 1.54) is 0 Å². The molecule has 1 saturated carbocycles. The quantitative estimate of drug-likeness (QED) is 0.857. The minimum atomic E-state index is 0.268. The van der Waals surface area contributed by atoms with Crippen LogP contribution in [0.15, 0.2) is 18.2 Å². The summed E-state index contributed by atoms with van der Waals surface area (Å²) in [4.78, 5) is 0. The van der Waals surface area contributed by atoms with Crippen molar-refractivity contribution < 1.29 is 0 Å². The van der Waals surface area contributed by atoms with Crippen LogP contribution in [0.1, 0.15) is 33.3 Å². The molecule has 0 saturated heterocycles. The number of halogens is 1. The summed E-state index contributed by atoms with van der Waals surface area (Å²) in [5, 5.41) is 12.9. The second kappa shape index (κ2) is 3.65. The van der Waals surface area contributed by atoms with Crippen molar-refractivity contribution in [3.05, 3.63) is 28.8 Å². The Hall–Kier alpha value is -1.20. The normalized spacial score (nSPS) is 20.7. The van der Waals surface area contributed by atoms with Crippen LogP contribution in [-0.2, 0) is 0 Å². The Morgan fingerprint density at radius 3 is 2.24 bits per heavy atom. The highest BCUT2D eigenvalue weighted by molar-refractivity contribution is 6.33. The maximum absolute atomic E-state index is 8.78. The second-order valence-electron chi connectivity index (χ2n) is 5.83. The van der Waals surface area contributed by atoms with Crippen molar-refractivity contribution in [2.45, 2.75) is 33.7 Å². The Bertz CT molecular complexity index is 483. The van der Waals surface area contributed by atoms with Crippen LogP contribution in [0.5, 0.6) is 0 Å². The smallest absolute Gasteiger partial charge is 0.0992 e. The van der Waals surface area contributed by atoms with Crippen LogP contribution < -0.4 is 5.32 Å². The summed E-state index contributed by atoms with van der Waals surface area (Å²) in [6, 6.07) is 7.87. The summed E-state index contributed by atoms with van der Waals surface area (Å²) < 4.78 is 0. The summed E-state index contributed by atoms with van der Waals surface area (Å²) >= 11 is 6.15. The third-order valence-corrected chi connectivity index (χ3v) is 4.73. The van der Waals surface area contributed by atoms with Gasteiger partial charge in [-0.1, -0.05) is 39.3 Å². The molecule has 0 atom stereocenters. The Morgan fingerprint density at radius 2 is 1.82 bits per heavy atom. The number of hydrogen-bond acceptors (Lipinski definition) is 2. The fourth-order valence-electron chi connectivity index (χ4n) is 2.41. The molecule has 1 aromatic rings. The van der Waals surface area contributed by atoms with Gasteiger partial charge in [0.15, 0.2) is 0 Å². The highest BCUT2D eigenvalue weighted by atomic mass is 35.5. The van der Waals surface area contributed by atoms with E-state index >= 15 is 0 Å². The van der Waals surface area contributed by atoms with E-state index < -0.39 is 0 Å². The van der Waals surface area contributed by atoms with Gasteiger partial charge in [0.1, 0.15) is 0 Å². The monoisotopic (exact) mass is 248 g/mol. The third-order valence-electron chi connectivity index (χ3n) is 4.42. The Balaban J connectivity index is 2.20. The van der Waals surface area contributed by atoms with Gasteiger partial charge in [-0.05, 0) is 29.0 Å². The summed E-state index contributed by atoms with van der Waals surface area (Å²) in [5.41, 5.74) is 2.04. The van der Waals surface area contributed by atoms with Crippen molar-refractivity contribution in [1.29, 1.82) is 5.26 Å². The topological polar surface area (TPSA) is 35.8 Å². The lowest BCUT2D eigenvalue weighted by Crippen LogP contribution is -2.10. The largest absolute Gasteiger partial charge is 0.380 e. The number of anilines is 1. The van der Waals surface area contributed by atoms with Crippen molar-refractivity contribution in [3.63, 3.8) is 0 Å². The minimum Gasteiger partial charge on any atom is -0.380 e. The van der Waals surface area contributed by atoms with Crippen LogP contribution in [0.3, 0.4) is 0 Å². The molecule has 0 bridgehead atoms. The van der Waals surface area contributed by atoms with Crippen molar-refractivity contribution in [1.82, 2.24) is 0 Å².